The van der Waals surface area contributed by atoms with E-state index in [1.807, 2.05) is 0 Å². The van der Waals surface area contributed by atoms with Gasteiger partial charge in [0.15, 0.2) is 0 Å². The number of rotatable bonds is 13. The van der Waals surface area contributed by atoms with Crippen LogP contribution in [-0.2, 0) is 0 Å². The Bertz CT molecular complexity index is 10200. The molecule has 0 spiro atoms. The lowest BCUT2D eigenvalue weighted by molar-refractivity contribution is 1.40. The lowest BCUT2D eigenvalue weighted by Gasteiger charge is -2.19. The molecule has 0 aliphatic rings. The van der Waals surface area contributed by atoms with E-state index in [0.29, 0.717) is 0 Å². The minimum atomic E-state index is 0.964. The summed E-state index contributed by atoms with van der Waals surface area (Å²) in [5.41, 5.74) is 33.6. The Morgan fingerprint density at radius 1 is 0.101 bits per heavy atom. The van der Waals surface area contributed by atoms with Crippen molar-refractivity contribution in [3.8, 4) is 145 Å². The smallest absolute Gasteiger partial charge is 0.0722 e. The molecule has 0 bridgehead atoms. The quantitative estimate of drug-likeness (QED) is 0.0853. The maximum absolute atomic E-state index is 5.32. The van der Waals surface area contributed by atoms with Crippen molar-refractivity contribution in [3.05, 3.63) is 564 Å². The minimum absolute atomic E-state index is 0.964. The van der Waals surface area contributed by atoms with Crippen molar-refractivity contribution in [2.45, 2.75) is 0 Å². The first kappa shape index (κ1) is 87.6. The fourth-order valence-electron chi connectivity index (χ4n) is 23.2. The molecule has 0 aliphatic carbocycles. The molecule has 0 saturated carbocycles. The molecule has 3 heteroatoms. The van der Waals surface area contributed by atoms with Gasteiger partial charge in [-0.1, -0.05) is 497 Å². The maximum Gasteiger partial charge on any atom is 0.0722 e. The number of hydrogen-bond acceptors (Lipinski definition) is 3. The number of pyridine rings is 3. The average molecular weight is 1880 g/mol. The van der Waals surface area contributed by atoms with E-state index in [1.165, 1.54) is 230 Å². The minimum Gasteiger partial charge on any atom is -0.248 e. The van der Waals surface area contributed by atoms with Crippen LogP contribution in [0, 0.1) is 0 Å². The predicted molar refractivity (Wildman–Crippen MR) is 631 cm³/mol. The second-order valence-electron chi connectivity index (χ2n) is 38.4. The summed E-state index contributed by atoms with van der Waals surface area (Å²) >= 11 is 0. The van der Waals surface area contributed by atoms with Gasteiger partial charge in [-0.15, -0.1) is 0 Å². The Kier molecular flexibility index (Phi) is 22.3. The van der Waals surface area contributed by atoms with Crippen LogP contribution in [0.4, 0.5) is 0 Å². The molecular formula is C145H93N3. The van der Waals surface area contributed by atoms with Crippen LogP contribution in [-0.4, -0.2) is 15.0 Å². The van der Waals surface area contributed by atoms with Crippen LogP contribution in [0.15, 0.2) is 564 Å². The molecule has 0 fully saturated rings. The molecule has 0 amide bonds. The van der Waals surface area contributed by atoms with Crippen molar-refractivity contribution in [2.75, 3.05) is 0 Å². The molecule has 3 nitrogen and oxygen atoms in total. The van der Waals surface area contributed by atoms with Gasteiger partial charge in [0.05, 0.1) is 33.6 Å². The summed E-state index contributed by atoms with van der Waals surface area (Å²) in [7, 11) is 0. The molecule has 0 unspecified atom stereocenters. The van der Waals surface area contributed by atoms with Gasteiger partial charge < -0.3 is 0 Å². The Morgan fingerprint density at radius 2 is 0.311 bits per heavy atom. The molecule has 29 aromatic rings. The van der Waals surface area contributed by atoms with E-state index in [-0.39, 0.29) is 0 Å². The van der Waals surface area contributed by atoms with E-state index in [1.54, 1.807) is 0 Å². The average Bonchev–Trinajstić information content (AvgIpc) is 0.733. The van der Waals surface area contributed by atoms with Gasteiger partial charge >= 0.3 is 0 Å². The first-order chi connectivity index (χ1) is 73.4. The Labute approximate surface area is 858 Å². The third-order valence-corrected chi connectivity index (χ3v) is 29.8. The number of aromatic nitrogens is 3. The standard InChI is InChI=1S/C51H33N.C49H31N.C45H29N/c1-4-15-34(16-5-1)45-33-48(52-47-30-28-35-17-10-11-24-41(35)51(45)47)40-23-14-22-38(31-40)39-27-29-44-46(32-39)50(37-20-8-3-9-21-37)43-26-13-12-25-42(43)49(44)36-18-6-2-7-19-36;1-2-14-33(15-3-1)44-31-46(50-45-28-27-34-16-6-7-20-39(34)49(44)45)36-18-12-19-37(30-36)47-40-21-8-10-23-42(40)48(43-24-11-9-22-41(43)47)38-26-25-32-13-4-5-17-35(32)29-38;1-3-14-30(15-4-1)40-29-42(46-41-27-26-31-16-7-8-21-35(31)45(40)41)33-19-13-20-34(28-33)44-38-24-11-9-22-36(38)43(32-17-5-2-6-18-32)37-23-10-12-25-39(37)44/h1-33H;1-31H;1-29H. The first-order valence-electron chi connectivity index (χ1n) is 50.9. The van der Waals surface area contributed by atoms with E-state index in [0.717, 1.165) is 55.9 Å². The number of nitrogens with zero attached hydrogens (tertiary/aromatic N) is 3. The highest BCUT2D eigenvalue weighted by Crippen LogP contribution is 2.52. The second kappa shape index (κ2) is 37.8. The van der Waals surface area contributed by atoms with Gasteiger partial charge in [0, 0.05) is 32.8 Å². The van der Waals surface area contributed by atoms with Crippen LogP contribution in [0.3, 0.4) is 0 Å². The zero-order chi connectivity index (χ0) is 97.9. The summed E-state index contributed by atoms with van der Waals surface area (Å²) < 4.78 is 0. The van der Waals surface area contributed by atoms with Gasteiger partial charge in [-0.3, -0.25) is 0 Å². The van der Waals surface area contributed by atoms with E-state index in [2.05, 4.69) is 564 Å². The van der Waals surface area contributed by atoms with Crippen molar-refractivity contribution in [1.29, 1.82) is 0 Å². The molecule has 26 aromatic carbocycles. The number of benzene rings is 26. The summed E-state index contributed by atoms with van der Waals surface area (Å²) in [6.45, 7) is 0. The molecule has 0 saturated heterocycles. The fraction of sp³-hybridized carbons (Fsp3) is 0. The second-order valence-corrected chi connectivity index (χ2v) is 38.4. The molecule has 0 aliphatic heterocycles. The van der Waals surface area contributed by atoms with Gasteiger partial charge in [-0.25, -0.2) is 15.0 Å². The van der Waals surface area contributed by atoms with Gasteiger partial charge in [0.1, 0.15) is 0 Å². The summed E-state index contributed by atoms with van der Waals surface area (Å²) in [4.78, 5) is 15.9. The van der Waals surface area contributed by atoms with Crippen LogP contribution in [0.1, 0.15) is 0 Å². The molecule has 3 aromatic heterocycles. The largest absolute Gasteiger partial charge is 0.248 e. The molecule has 0 N–H and O–H groups in total. The highest BCUT2D eigenvalue weighted by Gasteiger charge is 2.25. The van der Waals surface area contributed by atoms with Gasteiger partial charge in [-0.2, -0.15) is 0 Å². The molecule has 0 atom stereocenters. The summed E-state index contributed by atoms with van der Waals surface area (Å²) in [5.74, 6) is 0. The highest BCUT2D eigenvalue weighted by molar-refractivity contribution is 6.26. The van der Waals surface area contributed by atoms with E-state index in [4.69, 9.17) is 15.0 Å². The van der Waals surface area contributed by atoms with Gasteiger partial charge in [0.2, 0.25) is 0 Å². The van der Waals surface area contributed by atoms with Gasteiger partial charge in [0.25, 0.3) is 0 Å². The lowest BCUT2D eigenvalue weighted by atomic mass is 9.85. The highest BCUT2D eigenvalue weighted by atomic mass is 14.7. The maximum atomic E-state index is 5.32. The molecule has 148 heavy (non-hydrogen) atoms. The van der Waals surface area contributed by atoms with E-state index in [9.17, 15) is 0 Å². The third-order valence-electron chi connectivity index (χ3n) is 29.8. The molecule has 3 heterocycles. The molecule has 688 valence electrons. The Hall–Kier alpha value is -19.5. The van der Waals surface area contributed by atoms with Crippen molar-refractivity contribution >= 4 is 140 Å². The Morgan fingerprint density at radius 3 is 0.635 bits per heavy atom. The SMILES string of the molecule is c1ccc(-c2c3ccccc3c(-c3cccc(-c4cc(-c5ccccc5)c5c(ccc6ccccc65)n4)c3)c3ccccc23)cc1.c1ccc(-c2c3ccccc3c(-c3ccccc3)c3cc(-c4cccc(-c5cc(-c6ccccc6)c6c(ccc7ccccc76)n5)c4)ccc23)cc1.c1ccc(-c2cc(-c3cccc(-c4c5ccccc5c(-c5ccc6ccccc6c5)c5ccccc45)c3)nc3ccc4ccccc4c23)cc1. The van der Waals surface area contributed by atoms with Crippen molar-refractivity contribution in [3.63, 3.8) is 0 Å². The zero-order valence-electron chi connectivity index (χ0n) is 81.0. The normalized spacial score (nSPS) is 11.5. The zero-order valence-corrected chi connectivity index (χ0v) is 81.0. The van der Waals surface area contributed by atoms with Crippen LogP contribution in [0.2, 0.25) is 0 Å². The number of hydrogen-bond donors (Lipinski definition) is 0. The molecule has 0 radical (unpaired) electrons. The summed E-state index contributed by atoms with van der Waals surface area (Å²) in [6.07, 6.45) is 0. The van der Waals surface area contributed by atoms with E-state index < -0.39 is 0 Å². The Balaban J connectivity index is 0.000000110. The first-order valence-corrected chi connectivity index (χ1v) is 50.9. The van der Waals surface area contributed by atoms with Crippen LogP contribution in [0.25, 0.3) is 285 Å². The summed E-state index contributed by atoms with van der Waals surface area (Å²) in [5, 5.41) is 28.4. The van der Waals surface area contributed by atoms with Crippen molar-refractivity contribution in [1.82, 2.24) is 15.0 Å². The monoisotopic (exact) mass is 1880 g/mol. The topological polar surface area (TPSA) is 38.7 Å². The van der Waals surface area contributed by atoms with Crippen LogP contribution in [0.5, 0.6) is 0 Å². The summed E-state index contributed by atoms with van der Waals surface area (Å²) in [6, 6.07) is 204. The third kappa shape index (κ3) is 15.9. The van der Waals surface area contributed by atoms with Gasteiger partial charge in [-0.05, 0) is 286 Å². The van der Waals surface area contributed by atoms with Crippen molar-refractivity contribution < 1.29 is 0 Å². The van der Waals surface area contributed by atoms with Crippen LogP contribution >= 0.6 is 0 Å². The van der Waals surface area contributed by atoms with Crippen LogP contribution < -0.4 is 0 Å². The van der Waals surface area contributed by atoms with Crippen molar-refractivity contribution in [2.24, 2.45) is 0 Å². The van der Waals surface area contributed by atoms with E-state index >= 15 is 0 Å². The fourth-order valence-corrected chi connectivity index (χ4v) is 23.2. The predicted octanol–water partition coefficient (Wildman–Crippen LogP) is 39.9. The molecular weight excluding hydrogens is 1780 g/mol. The molecule has 29 rings (SSSR count). The lowest BCUT2D eigenvalue weighted by Crippen LogP contribution is -1.93. The number of fused-ring (bicyclic) bond motifs is 16.